The molecule has 4 heteroatoms. The molecular weight excluding hydrogens is 188 g/mol. The number of hydrogen-bond donors (Lipinski definition) is 1. The van der Waals surface area contributed by atoms with Gasteiger partial charge in [-0.1, -0.05) is 17.7 Å². The number of nitrogens with zero attached hydrogens (tertiary/aromatic N) is 1. The van der Waals surface area contributed by atoms with Crippen LogP contribution in [0, 0.1) is 0 Å². The first-order valence-electron chi connectivity index (χ1n) is 4.29. The fourth-order valence-electron chi connectivity index (χ4n) is 1.96. The lowest BCUT2D eigenvalue weighted by atomic mass is 9.91. The van der Waals surface area contributed by atoms with Gasteiger partial charge in [0.15, 0.2) is 0 Å². The maximum Gasteiger partial charge on any atom is 0.129 e. The predicted molar refractivity (Wildman–Crippen MR) is 48.6 cm³/mol. The SMILES string of the molecule is Clc1ccc2c(n1)CNC21COC1. The van der Waals surface area contributed by atoms with E-state index in [0.29, 0.717) is 5.15 Å². The average molecular weight is 197 g/mol. The minimum Gasteiger partial charge on any atom is -0.377 e. The molecule has 68 valence electrons. The van der Waals surface area contributed by atoms with E-state index in [9.17, 15) is 0 Å². The van der Waals surface area contributed by atoms with E-state index in [1.807, 2.05) is 12.1 Å². The van der Waals surface area contributed by atoms with Crippen molar-refractivity contribution in [1.29, 1.82) is 0 Å². The van der Waals surface area contributed by atoms with Crippen LogP contribution >= 0.6 is 11.6 Å². The molecule has 1 saturated heterocycles. The Morgan fingerprint density at radius 3 is 3.00 bits per heavy atom. The first-order valence-corrected chi connectivity index (χ1v) is 4.67. The summed E-state index contributed by atoms with van der Waals surface area (Å²) in [5.41, 5.74) is 2.37. The van der Waals surface area contributed by atoms with Crippen molar-refractivity contribution in [3.63, 3.8) is 0 Å². The Balaban J connectivity index is 2.11. The van der Waals surface area contributed by atoms with Crippen LogP contribution in [0.15, 0.2) is 12.1 Å². The Bertz CT molecular complexity index is 363. The number of fused-ring (bicyclic) bond motifs is 2. The molecule has 0 atom stereocenters. The van der Waals surface area contributed by atoms with Crippen LogP contribution in [0.5, 0.6) is 0 Å². The number of pyridine rings is 1. The fourth-order valence-corrected chi connectivity index (χ4v) is 2.12. The van der Waals surface area contributed by atoms with Gasteiger partial charge in [0.1, 0.15) is 5.15 Å². The molecule has 0 aromatic carbocycles. The van der Waals surface area contributed by atoms with Crippen LogP contribution in [0.1, 0.15) is 11.3 Å². The molecule has 0 amide bonds. The Labute approximate surface area is 81.1 Å². The van der Waals surface area contributed by atoms with Crippen LogP contribution in [0.3, 0.4) is 0 Å². The molecule has 2 aliphatic heterocycles. The first kappa shape index (κ1) is 7.74. The van der Waals surface area contributed by atoms with Gasteiger partial charge in [-0.3, -0.25) is 5.32 Å². The molecule has 1 spiro atoms. The van der Waals surface area contributed by atoms with Crippen molar-refractivity contribution in [3.05, 3.63) is 28.5 Å². The highest BCUT2D eigenvalue weighted by Crippen LogP contribution is 2.36. The van der Waals surface area contributed by atoms with Gasteiger partial charge < -0.3 is 4.74 Å². The number of hydrogen-bond acceptors (Lipinski definition) is 3. The van der Waals surface area contributed by atoms with Crippen LogP contribution in [-0.4, -0.2) is 18.2 Å². The van der Waals surface area contributed by atoms with Gasteiger partial charge in [0.25, 0.3) is 0 Å². The number of halogens is 1. The molecule has 0 bridgehead atoms. The topological polar surface area (TPSA) is 34.2 Å². The lowest BCUT2D eigenvalue weighted by Gasteiger charge is -2.38. The van der Waals surface area contributed by atoms with E-state index in [4.69, 9.17) is 16.3 Å². The molecule has 1 N–H and O–H groups in total. The summed E-state index contributed by atoms with van der Waals surface area (Å²) in [5, 5.41) is 3.98. The lowest BCUT2D eigenvalue weighted by Crippen LogP contribution is -2.53. The van der Waals surface area contributed by atoms with E-state index in [-0.39, 0.29) is 5.54 Å². The molecule has 1 aromatic heterocycles. The molecule has 3 nitrogen and oxygen atoms in total. The summed E-state index contributed by atoms with van der Waals surface area (Å²) in [4.78, 5) is 4.28. The summed E-state index contributed by atoms with van der Waals surface area (Å²) in [6.45, 7) is 2.31. The van der Waals surface area contributed by atoms with Crippen LogP contribution in [0.2, 0.25) is 5.15 Å². The normalized spacial score (nSPS) is 22.8. The van der Waals surface area contributed by atoms with E-state index >= 15 is 0 Å². The summed E-state index contributed by atoms with van der Waals surface area (Å²) in [6, 6.07) is 3.89. The average Bonchev–Trinajstić information content (AvgIpc) is 2.41. The maximum atomic E-state index is 5.81. The van der Waals surface area contributed by atoms with Crippen molar-refractivity contribution in [2.24, 2.45) is 0 Å². The van der Waals surface area contributed by atoms with E-state index in [1.54, 1.807) is 0 Å². The second kappa shape index (κ2) is 2.44. The predicted octanol–water partition coefficient (Wildman–Crippen LogP) is 1.06. The van der Waals surface area contributed by atoms with Gasteiger partial charge in [-0.25, -0.2) is 4.98 Å². The van der Waals surface area contributed by atoms with Crippen LogP contribution in [0.25, 0.3) is 0 Å². The van der Waals surface area contributed by atoms with Gasteiger partial charge in [0.2, 0.25) is 0 Å². The van der Waals surface area contributed by atoms with Gasteiger partial charge in [0, 0.05) is 6.54 Å². The summed E-state index contributed by atoms with van der Waals surface area (Å²) >= 11 is 5.81. The summed E-state index contributed by atoms with van der Waals surface area (Å²) in [6.07, 6.45) is 0. The molecule has 13 heavy (non-hydrogen) atoms. The Hall–Kier alpha value is -0.640. The smallest absolute Gasteiger partial charge is 0.129 e. The third-order valence-corrected chi connectivity index (χ3v) is 2.96. The van der Waals surface area contributed by atoms with Crippen LogP contribution < -0.4 is 5.32 Å². The Kier molecular flexibility index (Phi) is 1.45. The third kappa shape index (κ3) is 0.950. The van der Waals surface area contributed by atoms with Crippen molar-refractivity contribution in [1.82, 2.24) is 10.3 Å². The number of nitrogens with one attached hydrogen (secondary N) is 1. The summed E-state index contributed by atoms with van der Waals surface area (Å²) in [5.74, 6) is 0. The molecule has 2 aliphatic rings. The van der Waals surface area contributed by atoms with Gasteiger partial charge in [-0.15, -0.1) is 0 Å². The van der Waals surface area contributed by atoms with Crippen LogP contribution in [-0.2, 0) is 16.8 Å². The molecular formula is C9H9ClN2O. The van der Waals surface area contributed by atoms with E-state index < -0.39 is 0 Å². The fraction of sp³-hybridized carbons (Fsp3) is 0.444. The summed E-state index contributed by atoms with van der Waals surface area (Å²) in [7, 11) is 0. The minimum absolute atomic E-state index is 0.0485. The van der Waals surface area contributed by atoms with E-state index in [1.165, 1.54) is 5.56 Å². The molecule has 0 aliphatic carbocycles. The molecule has 0 radical (unpaired) electrons. The first-order chi connectivity index (χ1) is 6.30. The molecule has 3 rings (SSSR count). The van der Waals surface area contributed by atoms with Gasteiger partial charge in [-0.2, -0.15) is 0 Å². The number of ether oxygens (including phenoxy) is 1. The highest BCUT2D eigenvalue weighted by atomic mass is 35.5. The highest BCUT2D eigenvalue weighted by molar-refractivity contribution is 6.29. The van der Waals surface area contributed by atoms with Crippen molar-refractivity contribution < 1.29 is 4.74 Å². The van der Waals surface area contributed by atoms with Gasteiger partial charge >= 0.3 is 0 Å². The van der Waals surface area contributed by atoms with Crippen molar-refractivity contribution in [2.45, 2.75) is 12.1 Å². The largest absolute Gasteiger partial charge is 0.377 e. The van der Waals surface area contributed by atoms with Crippen molar-refractivity contribution >= 4 is 11.6 Å². The highest BCUT2D eigenvalue weighted by Gasteiger charge is 2.45. The summed E-state index contributed by atoms with van der Waals surface area (Å²) < 4.78 is 5.22. The molecule has 3 heterocycles. The van der Waals surface area contributed by atoms with Gasteiger partial charge in [-0.05, 0) is 11.6 Å². The van der Waals surface area contributed by atoms with E-state index in [2.05, 4.69) is 10.3 Å². The second-order valence-electron chi connectivity index (χ2n) is 3.56. The lowest BCUT2D eigenvalue weighted by molar-refractivity contribution is -0.0732. The Morgan fingerprint density at radius 2 is 2.31 bits per heavy atom. The van der Waals surface area contributed by atoms with Crippen LogP contribution in [0.4, 0.5) is 0 Å². The maximum absolute atomic E-state index is 5.81. The second-order valence-corrected chi connectivity index (χ2v) is 3.94. The monoisotopic (exact) mass is 196 g/mol. The molecule has 1 fully saturated rings. The number of aromatic nitrogens is 1. The molecule has 1 aromatic rings. The minimum atomic E-state index is 0.0485. The van der Waals surface area contributed by atoms with Crippen molar-refractivity contribution in [2.75, 3.05) is 13.2 Å². The van der Waals surface area contributed by atoms with Gasteiger partial charge in [0.05, 0.1) is 24.4 Å². The molecule has 0 saturated carbocycles. The standard InChI is InChI=1S/C9H9ClN2O/c10-8-2-1-6-7(12-8)3-11-9(6)4-13-5-9/h1-2,11H,3-5H2. The zero-order chi connectivity index (χ0) is 8.89. The molecule has 0 unspecified atom stereocenters. The van der Waals surface area contributed by atoms with E-state index in [0.717, 1.165) is 25.5 Å². The number of rotatable bonds is 0. The zero-order valence-corrected chi connectivity index (χ0v) is 7.77. The quantitative estimate of drug-likeness (QED) is 0.631. The van der Waals surface area contributed by atoms with Crippen molar-refractivity contribution in [3.8, 4) is 0 Å². The Morgan fingerprint density at radius 1 is 1.46 bits per heavy atom. The zero-order valence-electron chi connectivity index (χ0n) is 7.01. The third-order valence-electron chi connectivity index (χ3n) is 2.75.